The van der Waals surface area contributed by atoms with Gasteiger partial charge in [-0.1, -0.05) is 27.2 Å². The first-order valence-electron chi connectivity index (χ1n) is 4.62. The lowest BCUT2D eigenvalue weighted by molar-refractivity contribution is 0.367. The van der Waals surface area contributed by atoms with Gasteiger partial charge in [0, 0.05) is 0 Å². The molecular weight excluding hydrogens is 136 g/mol. The van der Waals surface area contributed by atoms with E-state index in [1.807, 2.05) is 0 Å². The summed E-state index contributed by atoms with van der Waals surface area (Å²) in [6.07, 6.45) is 4.51. The SMILES string of the molecule is CC1CCC2C(C1)C2(C)C.O. The second-order valence-corrected chi connectivity index (χ2v) is 4.95. The summed E-state index contributed by atoms with van der Waals surface area (Å²) in [6, 6.07) is 0. The van der Waals surface area contributed by atoms with Crippen LogP contribution < -0.4 is 0 Å². The molecule has 0 bridgehead atoms. The summed E-state index contributed by atoms with van der Waals surface area (Å²) < 4.78 is 0. The first-order valence-corrected chi connectivity index (χ1v) is 4.62. The Labute approximate surface area is 69.5 Å². The van der Waals surface area contributed by atoms with Crippen LogP contribution in [0, 0.1) is 23.2 Å². The zero-order valence-electron chi connectivity index (χ0n) is 7.85. The van der Waals surface area contributed by atoms with E-state index in [2.05, 4.69) is 20.8 Å². The van der Waals surface area contributed by atoms with Gasteiger partial charge in [-0.3, -0.25) is 0 Å². The summed E-state index contributed by atoms with van der Waals surface area (Å²) in [4.78, 5) is 0. The molecule has 2 rings (SSSR count). The van der Waals surface area contributed by atoms with Crippen molar-refractivity contribution in [3.63, 3.8) is 0 Å². The van der Waals surface area contributed by atoms with E-state index in [0.717, 1.165) is 23.2 Å². The number of hydrogen-bond acceptors (Lipinski definition) is 0. The molecule has 0 saturated heterocycles. The molecule has 2 saturated carbocycles. The molecule has 2 N–H and O–H groups in total. The van der Waals surface area contributed by atoms with E-state index in [1.165, 1.54) is 19.3 Å². The lowest BCUT2D eigenvalue weighted by Gasteiger charge is -2.15. The highest BCUT2D eigenvalue weighted by Gasteiger charge is 2.58. The topological polar surface area (TPSA) is 31.5 Å². The van der Waals surface area contributed by atoms with Gasteiger partial charge in [0.1, 0.15) is 0 Å². The van der Waals surface area contributed by atoms with Crippen molar-refractivity contribution in [2.24, 2.45) is 23.2 Å². The maximum atomic E-state index is 2.44. The third-order valence-corrected chi connectivity index (χ3v) is 3.91. The smallest absolute Gasteiger partial charge is 0.0292 e. The maximum absolute atomic E-state index is 2.44. The first kappa shape index (κ1) is 9.05. The predicted molar refractivity (Wildman–Crippen MR) is 47.4 cm³/mol. The fourth-order valence-corrected chi connectivity index (χ4v) is 2.91. The molecule has 0 amide bonds. The van der Waals surface area contributed by atoms with Crippen LogP contribution >= 0.6 is 0 Å². The van der Waals surface area contributed by atoms with E-state index in [0.29, 0.717) is 0 Å². The van der Waals surface area contributed by atoms with Crippen LogP contribution in [0.3, 0.4) is 0 Å². The van der Waals surface area contributed by atoms with Crippen molar-refractivity contribution in [3.8, 4) is 0 Å². The van der Waals surface area contributed by atoms with Crippen molar-refractivity contribution in [3.05, 3.63) is 0 Å². The van der Waals surface area contributed by atoms with Gasteiger partial charge in [-0.05, 0) is 36.0 Å². The Bertz CT molecular complexity index is 151. The van der Waals surface area contributed by atoms with Crippen molar-refractivity contribution in [2.45, 2.75) is 40.0 Å². The summed E-state index contributed by atoms with van der Waals surface area (Å²) in [5.74, 6) is 3.21. The summed E-state index contributed by atoms with van der Waals surface area (Å²) in [5, 5.41) is 0. The summed E-state index contributed by atoms with van der Waals surface area (Å²) in [6.45, 7) is 7.30. The Morgan fingerprint density at radius 3 is 2.18 bits per heavy atom. The van der Waals surface area contributed by atoms with Gasteiger partial charge in [-0.25, -0.2) is 0 Å². The largest absolute Gasteiger partial charge is 0.412 e. The summed E-state index contributed by atoms with van der Waals surface area (Å²) in [5.41, 5.74) is 0.727. The van der Waals surface area contributed by atoms with E-state index >= 15 is 0 Å². The van der Waals surface area contributed by atoms with Crippen molar-refractivity contribution in [1.29, 1.82) is 0 Å². The fraction of sp³-hybridized carbons (Fsp3) is 1.00. The molecule has 2 aliphatic carbocycles. The van der Waals surface area contributed by atoms with E-state index in [-0.39, 0.29) is 5.48 Å². The third kappa shape index (κ3) is 1.20. The fourth-order valence-electron chi connectivity index (χ4n) is 2.91. The molecule has 0 spiro atoms. The summed E-state index contributed by atoms with van der Waals surface area (Å²) >= 11 is 0. The van der Waals surface area contributed by atoms with Crippen LogP contribution in [0.4, 0.5) is 0 Å². The molecule has 2 aliphatic rings. The van der Waals surface area contributed by atoms with Crippen LogP contribution in [0.2, 0.25) is 0 Å². The van der Waals surface area contributed by atoms with Crippen LogP contribution in [0.5, 0.6) is 0 Å². The molecule has 3 atom stereocenters. The van der Waals surface area contributed by atoms with Crippen molar-refractivity contribution >= 4 is 0 Å². The van der Waals surface area contributed by atoms with Crippen molar-refractivity contribution < 1.29 is 5.48 Å². The lowest BCUT2D eigenvalue weighted by Crippen LogP contribution is -2.03. The molecule has 0 heterocycles. The molecular formula is C10H20O. The van der Waals surface area contributed by atoms with Crippen LogP contribution in [0.25, 0.3) is 0 Å². The molecule has 0 aromatic carbocycles. The van der Waals surface area contributed by atoms with Gasteiger partial charge in [0.25, 0.3) is 0 Å². The van der Waals surface area contributed by atoms with Crippen LogP contribution in [-0.2, 0) is 0 Å². The minimum Gasteiger partial charge on any atom is -0.412 e. The second kappa shape index (κ2) is 2.48. The normalized spacial score (nSPS) is 45.5. The zero-order chi connectivity index (χ0) is 7.35. The number of rotatable bonds is 0. The molecule has 0 radical (unpaired) electrons. The first-order chi connectivity index (χ1) is 4.62. The maximum Gasteiger partial charge on any atom is -0.0292 e. The average Bonchev–Trinajstić information content (AvgIpc) is 2.36. The monoisotopic (exact) mass is 156 g/mol. The van der Waals surface area contributed by atoms with Gasteiger partial charge >= 0.3 is 0 Å². The molecule has 3 unspecified atom stereocenters. The standard InChI is InChI=1S/C10H18.H2O/c1-7-4-5-8-9(6-7)10(8,2)3;/h7-9H,4-6H2,1-3H3;1H2. The zero-order valence-corrected chi connectivity index (χ0v) is 7.85. The third-order valence-electron chi connectivity index (χ3n) is 3.91. The Balaban J connectivity index is 0.000000605. The van der Waals surface area contributed by atoms with Gasteiger partial charge in [0.15, 0.2) is 0 Å². The highest BCUT2D eigenvalue weighted by molar-refractivity contribution is 5.07. The van der Waals surface area contributed by atoms with Gasteiger partial charge < -0.3 is 5.48 Å². The van der Waals surface area contributed by atoms with E-state index in [1.54, 1.807) is 0 Å². The Hall–Kier alpha value is -0.0400. The summed E-state index contributed by atoms with van der Waals surface area (Å²) in [7, 11) is 0. The van der Waals surface area contributed by atoms with E-state index in [4.69, 9.17) is 0 Å². The number of fused-ring (bicyclic) bond motifs is 1. The predicted octanol–water partition coefficient (Wildman–Crippen LogP) is 2.25. The minimum atomic E-state index is 0. The van der Waals surface area contributed by atoms with Crippen molar-refractivity contribution in [1.82, 2.24) is 0 Å². The highest BCUT2D eigenvalue weighted by Crippen LogP contribution is 2.65. The molecule has 0 aliphatic heterocycles. The van der Waals surface area contributed by atoms with Crippen LogP contribution in [0.15, 0.2) is 0 Å². The lowest BCUT2D eigenvalue weighted by atomic mass is 9.91. The molecule has 1 heteroatoms. The average molecular weight is 156 g/mol. The number of hydrogen-bond donors (Lipinski definition) is 0. The van der Waals surface area contributed by atoms with Gasteiger partial charge in [-0.2, -0.15) is 0 Å². The second-order valence-electron chi connectivity index (χ2n) is 4.95. The Morgan fingerprint density at radius 1 is 1.09 bits per heavy atom. The molecule has 66 valence electrons. The molecule has 2 fully saturated rings. The van der Waals surface area contributed by atoms with Gasteiger partial charge in [0.2, 0.25) is 0 Å². The highest BCUT2D eigenvalue weighted by atomic mass is 16.0. The van der Waals surface area contributed by atoms with Crippen LogP contribution in [0.1, 0.15) is 40.0 Å². The van der Waals surface area contributed by atoms with Gasteiger partial charge in [-0.15, -0.1) is 0 Å². The molecule has 11 heavy (non-hydrogen) atoms. The molecule has 1 nitrogen and oxygen atoms in total. The van der Waals surface area contributed by atoms with Crippen LogP contribution in [-0.4, -0.2) is 5.48 Å². The van der Waals surface area contributed by atoms with Gasteiger partial charge in [0.05, 0.1) is 0 Å². The Morgan fingerprint density at radius 2 is 1.73 bits per heavy atom. The minimum absolute atomic E-state index is 0. The molecule has 0 aromatic heterocycles. The van der Waals surface area contributed by atoms with E-state index < -0.39 is 0 Å². The van der Waals surface area contributed by atoms with E-state index in [9.17, 15) is 0 Å². The Kier molecular flexibility index (Phi) is 2.04. The quantitative estimate of drug-likeness (QED) is 0.515. The molecule has 0 aromatic rings. The van der Waals surface area contributed by atoms with Crippen molar-refractivity contribution in [2.75, 3.05) is 0 Å².